The monoisotopic (exact) mass is 452 g/mol. The van der Waals surface area contributed by atoms with Crippen molar-refractivity contribution in [3.05, 3.63) is 34.2 Å². The number of carbonyl (C=O) groups excluding carboxylic acids is 2. The number of amidine groups is 1. The van der Waals surface area contributed by atoms with Gasteiger partial charge in [-0.1, -0.05) is 0 Å². The fourth-order valence-corrected chi connectivity index (χ4v) is 3.27. The van der Waals surface area contributed by atoms with Crippen molar-refractivity contribution in [1.29, 1.82) is 5.41 Å². The molecule has 0 atom stereocenters. The Labute approximate surface area is 168 Å². The number of aromatic nitrogens is 2. The lowest BCUT2D eigenvalue weighted by Gasteiger charge is -2.30. The molecule has 2 heterocycles. The van der Waals surface area contributed by atoms with Gasteiger partial charge in [0.1, 0.15) is 5.82 Å². The maximum absolute atomic E-state index is 13.3. The van der Waals surface area contributed by atoms with E-state index in [2.05, 4.69) is 41.5 Å². The molecular formula is C17H18BrFN6O3. The van der Waals surface area contributed by atoms with Crippen molar-refractivity contribution >= 4 is 45.1 Å². The van der Waals surface area contributed by atoms with E-state index in [0.29, 0.717) is 31.6 Å². The second kappa shape index (κ2) is 8.46. The van der Waals surface area contributed by atoms with Gasteiger partial charge in [0.15, 0.2) is 11.5 Å². The minimum Gasteiger partial charge on any atom is -0.343 e. The Hall–Kier alpha value is -2.82. The molecule has 1 fully saturated rings. The van der Waals surface area contributed by atoms with Gasteiger partial charge in [0.25, 0.3) is 0 Å². The summed E-state index contributed by atoms with van der Waals surface area (Å²) in [5.74, 6) is -1.11. The molecule has 0 saturated carbocycles. The smallest absolute Gasteiger partial charge is 0.228 e. The number of anilines is 2. The van der Waals surface area contributed by atoms with E-state index in [-0.39, 0.29) is 39.6 Å². The number of benzene rings is 1. The molecule has 3 N–H and O–H groups in total. The molecule has 148 valence electrons. The van der Waals surface area contributed by atoms with Crippen LogP contribution in [0.3, 0.4) is 0 Å². The van der Waals surface area contributed by atoms with E-state index in [9.17, 15) is 14.0 Å². The molecule has 3 rings (SSSR count). The number of likely N-dealkylation sites (tertiary alicyclic amines) is 1. The summed E-state index contributed by atoms with van der Waals surface area (Å²) < 4.78 is 18.2. The Bertz CT molecular complexity index is 910. The van der Waals surface area contributed by atoms with Gasteiger partial charge in [-0.25, -0.2) is 9.02 Å². The standard InChI is InChI=1S/C17H18BrFN6O3/c1-9(26)25-6-4-10(5-7-25)17(27)22-16-14(23-28-24-16)15(20)21-11-2-3-13(19)12(18)8-11/h2-3,8,10H,4-7H2,1H3,(H2,20,21)(H,22,24,27). The highest BCUT2D eigenvalue weighted by Crippen LogP contribution is 2.22. The van der Waals surface area contributed by atoms with Crippen molar-refractivity contribution < 1.29 is 18.6 Å². The lowest BCUT2D eigenvalue weighted by atomic mass is 9.96. The summed E-state index contributed by atoms with van der Waals surface area (Å²) in [6, 6.07) is 4.18. The average Bonchev–Trinajstić information content (AvgIpc) is 3.13. The van der Waals surface area contributed by atoms with Crippen molar-refractivity contribution in [2.24, 2.45) is 5.92 Å². The summed E-state index contributed by atoms with van der Waals surface area (Å²) in [6.07, 6.45) is 1.09. The van der Waals surface area contributed by atoms with Crippen LogP contribution in [0.4, 0.5) is 15.9 Å². The minimum absolute atomic E-state index is 0.00574. The quantitative estimate of drug-likeness (QED) is 0.483. The predicted molar refractivity (Wildman–Crippen MR) is 102 cm³/mol. The van der Waals surface area contributed by atoms with Gasteiger partial charge in [0.2, 0.25) is 17.6 Å². The molecule has 1 aliphatic heterocycles. The second-order valence-electron chi connectivity index (χ2n) is 6.36. The Morgan fingerprint density at radius 1 is 1.29 bits per heavy atom. The van der Waals surface area contributed by atoms with Crippen LogP contribution >= 0.6 is 15.9 Å². The van der Waals surface area contributed by atoms with Gasteiger partial charge in [-0.3, -0.25) is 15.0 Å². The highest BCUT2D eigenvalue weighted by atomic mass is 79.9. The van der Waals surface area contributed by atoms with Gasteiger partial charge >= 0.3 is 0 Å². The molecular weight excluding hydrogens is 435 g/mol. The van der Waals surface area contributed by atoms with E-state index in [1.807, 2.05) is 0 Å². The second-order valence-corrected chi connectivity index (χ2v) is 7.21. The zero-order valence-corrected chi connectivity index (χ0v) is 16.5. The minimum atomic E-state index is -0.427. The topological polar surface area (TPSA) is 124 Å². The third kappa shape index (κ3) is 4.53. The molecule has 1 aromatic carbocycles. The lowest BCUT2D eigenvalue weighted by molar-refractivity contribution is -0.132. The van der Waals surface area contributed by atoms with Crippen LogP contribution in [0, 0.1) is 17.1 Å². The molecule has 1 aliphatic rings. The van der Waals surface area contributed by atoms with Gasteiger partial charge in [-0.05, 0) is 57.3 Å². The number of piperidine rings is 1. The Balaban J connectivity index is 1.63. The molecule has 0 bridgehead atoms. The van der Waals surface area contributed by atoms with Crippen LogP contribution in [0.5, 0.6) is 0 Å². The van der Waals surface area contributed by atoms with E-state index >= 15 is 0 Å². The highest BCUT2D eigenvalue weighted by Gasteiger charge is 2.28. The number of nitrogens with zero attached hydrogens (tertiary/aromatic N) is 3. The summed E-state index contributed by atoms with van der Waals surface area (Å²) >= 11 is 3.08. The molecule has 2 amide bonds. The largest absolute Gasteiger partial charge is 0.343 e. The average molecular weight is 453 g/mol. The van der Waals surface area contributed by atoms with Crippen LogP contribution in [0.1, 0.15) is 25.5 Å². The Morgan fingerprint density at radius 3 is 2.64 bits per heavy atom. The molecule has 0 radical (unpaired) electrons. The first-order valence-corrected chi connectivity index (χ1v) is 9.34. The van der Waals surface area contributed by atoms with E-state index < -0.39 is 5.82 Å². The zero-order valence-electron chi connectivity index (χ0n) is 15.0. The maximum Gasteiger partial charge on any atom is 0.228 e. The molecule has 1 aromatic heterocycles. The van der Waals surface area contributed by atoms with Crippen LogP contribution in [0.2, 0.25) is 0 Å². The number of nitrogens with one attached hydrogen (secondary N) is 3. The first-order valence-electron chi connectivity index (χ1n) is 8.55. The predicted octanol–water partition coefficient (Wildman–Crippen LogP) is 2.61. The summed E-state index contributed by atoms with van der Waals surface area (Å²) in [6.45, 7) is 2.55. The first-order chi connectivity index (χ1) is 13.3. The molecule has 1 saturated heterocycles. The molecule has 0 spiro atoms. The molecule has 28 heavy (non-hydrogen) atoms. The summed E-state index contributed by atoms with van der Waals surface area (Å²) in [5, 5.41) is 20.8. The van der Waals surface area contributed by atoms with Gasteiger partial charge in [-0.15, -0.1) is 0 Å². The van der Waals surface area contributed by atoms with Crippen LogP contribution in [0.15, 0.2) is 27.3 Å². The molecule has 9 nitrogen and oxygen atoms in total. The van der Waals surface area contributed by atoms with Crippen molar-refractivity contribution in [1.82, 2.24) is 15.2 Å². The van der Waals surface area contributed by atoms with Crippen molar-refractivity contribution in [2.75, 3.05) is 23.7 Å². The van der Waals surface area contributed by atoms with Gasteiger partial charge in [0, 0.05) is 31.6 Å². The maximum atomic E-state index is 13.3. The molecule has 0 unspecified atom stereocenters. The van der Waals surface area contributed by atoms with E-state index in [1.165, 1.54) is 25.1 Å². The Kier molecular flexibility index (Phi) is 6.02. The van der Waals surface area contributed by atoms with Gasteiger partial charge < -0.3 is 15.5 Å². The number of carbonyl (C=O) groups is 2. The summed E-state index contributed by atoms with van der Waals surface area (Å²) in [4.78, 5) is 25.6. The Morgan fingerprint density at radius 2 is 2.00 bits per heavy atom. The third-order valence-corrected chi connectivity index (χ3v) is 5.07. The van der Waals surface area contributed by atoms with Crippen LogP contribution in [0.25, 0.3) is 0 Å². The van der Waals surface area contributed by atoms with Gasteiger partial charge in [-0.2, -0.15) is 0 Å². The molecule has 2 aromatic rings. The normalized spacial score (nSPS) is 14.6. The van der Waals surface area contributed by atoms with Gasteiger partial charge in [0.05, 0.1) is 4.47 Å². The van der Waals surface area contributed by atoms with Crippen LogP contribution in [-0.2, 0) is 9.59 Å². The number of amides is 2. The third-order valence-electron chi connectivity index (χ3n) is 4.47. The summed E-state index contributed by atoms with van der Waals surface area (Å²) in [5.41, 5.74) is 0.477. The number of rotatable bonds is 4. The van der Waals surface area contributed by atoms with E-state index in [4.69, 9.17) is 5.41 Å². The SMILES string of the molecule is CC(=O)N1CCC(C(=O)Nc2nonc2C(=N)Nc2ccc(F)c(Br)c2)CC1. The fourth-order valence-electron chi connectivity index (χ4n) is 2.89. The van der Waals surface area contributed by atoms with E-state index in [0.717, 1.165) is 0 Å². The van der Waals surface area contributed by atoms with E-state index in [1.54, 1.807) is 4.90 Å². The number of halogens is 2. The lowest BCUT2D eigenvalue weighted by Crippen LogP contribution is -2.40. The zero-order chi connectivity index (χ0) is 20.3. The van der Waals surface area contributed by atoms with Crippen LogP contribution < -0.4 is 10.6 Å². The highest BCUT2D eigenvalue weighted by molar-refractivity contribution is 9.10. The number of hydrogen-bond donors (Lipinski definition) is 3. The number of hydrogen-bond acceptors (Lipinski definition) is 6. The van der Waals surface area contributed by atoms with Crippen molar-refractivity contribution in [3.8, 4) is 0 Å². The van der Waals surface area contributed by atoms with Crippen molar-refractivity contribution in [3.63, 3.8) is 0 Å². The molecule has 11 heteroatoms. The summed E-state index contributed by atoms with van der Waals surface area (Å²) in [7, 11) is 0. The fraction of sp³-hybridized carbons (Fsp3) is 0.353. The van der Waals surface area contributed by atoms with Crippen molar-refractivity contribution in [2.45, 2.75) is 19.8 Å². The van der Waals surface area contributed by atoms with Crippen LogP contribution in [-0.4, -0.2) is 46.0 Å². The molecule has 0 aliphatic carbocycles. The first kappa shape index (κ1) is 19.9.